The molecule has 152 valence electrons. The van der Waals surface area contributed by atoms with Gasteiger partial charge in [0.2, 0.25) is 5.91 Å². The largest absolute Gasteiger partial charge is 0.480 e. The molecule has 0 aliphatic rings. The van der Waals surface area contributed by atoms with Crippen molar-refractivity contribution >= 4 is 22.8 Å². The highest BCUT2D eigenvalue weighted by Gasteiger charge is 2.32. The van der Waals surface area contributed by atoms with Crippen molar-refractivity contribution < 1.29 is 14.7 Å². The van der Waals surface area contributed by atoms with Crippen LogP contribution in [0.25, 0.3) is 10.9 Å². The Morgan fingerprint density at radius 3 is 2.39 bits per heavy atom. The number of nitrogens with one attached hydrogen (secondary N) is 2. The lowest BCUT2D eigenvalue weighted by atomic mass is 9.96. The topological polar surface area (TPSA) is 121 Å². The monoisotopic (exact) mass is 389 g/mol. The van der Waals surface area contributed by atoms with E-state index in [1.165, 1.54) is 0 Å². The number of carboxylic acids is 1. The van der Waals surface area contributed by atoms with E-state index >= 15 is 0 Å². The van der Waals surface area contributed by atoms with Crippen LogP contribution in [0.4, 0.5) is 0 Å². The van der Waals surface area contributed by atoms with Crippen LogP contribution in [-0.4, -0.2) is 32.6 Å². The van der Waals surface area contributed by atoms with Gasteiger partial charge in [0, 0.05) is 0 Å². The summed E-state index contributed by atoms with van der Waals surface area (Å²) >= 11 is 0. The Morgan fingerprint density at radius 1 is 1.18 bits per heavy atom. The van der Waals surface area contributed by atoms with Crippen LogP contribution in [0.15, 0.2) is 33.9 Å². The summed E-state index contributed by atoms with van der Waals surface area (Å²) in [5.41, 5.74) is -0.879. The zero-order valence-corrected chi connectivity index (χ0v) is 16.6. The Hall–Kier alpha value is -2.90. The van der Waals surface area contributed by atoms with Gasteiger partial charge < -0.3 is 15.4 Å². The van der Waals surface area contributed by atoms with Crippen LogP contribution in [0.5, 0.6) is 0 Å². The number of aliphatic carboxylic acids is 1. The summed E-state index contributed by atoms with van der Waals surface area (Å²) in [6, 6.07) is 4.37. The molecule has 0 unspecified atom stereocenters. The summed E-state index contributed by atoms with van der Waals surface area (Å²) in [4.78, 5) is 52.7. The molecular weight excluding hydrogens is 362 g/mol. The molecular formula is C20H27N3O5. The van der Waals surface area contributed by atoms with Crippen molar-refractivity contribution in [2.75, 3.05) is 0 Å². The van der Waals surface area contributed by atoms with E-state index in [1.807, 2.05) is 20.8 Å². The van der Waals surface area contributed by atoms with Crippen LogP contribution in [0, 0.1) is 11.8 Å². The first kappa shape index (κ1) is 21.4. The standard InChI is InChI=1S/C20H27N3O5/c1-5-12(4)16(17(24)21-15(19(26)27)10-11(2)3)23-18(25)13-8-6-7-9-14(13)22-20(23)28/h6-9,11-12,15-16H,5,10H2,1-4H3,(H,21,24)(H,22,28)(H,26,27)/t12-,15-,16-/m0/s1. The molecule has 1 aromatic carbocycles. The molecule has 1 heterocycles. The van der Waals surface area contributed by atoms with Crippen molar-refractivity contribution in [3.05, 3.63) is 45.1 Å². The third-order valence-corrected chi connectivity index (χ3v) is 4.89. The number of hydrogen-bond acceptors (Lipinski definition) is 4. The maximum Gasteiger partial charge on any atom is 0.329 e. The zero-order valence-electron chi connectivity index (χ0n) is 16.6. The van der Waals surface area contributed by atoms with Gasteiger partial charge in [-0.05, 0) is 30.4 Å². The smallest absolute Gasteiger partial charge is 0.329 e. The lowest BCUT2D eigenvalue weighted by Crippen LogP contribution is -2.51. The molecule has 0 radical (unpaired) electrons. The SMILES string of the molecule is CC[C@H](C)[C@@H](C(=O)N[C@@H](CC(C)C)C(=O)O)n1c(=O)[nH]c2ccccc2c1=O. The van der Waals surface area contributed by atoms with Crippen LogP contribution in [-0.2, 0) is 9.59 Å². The first-order chi connectivity index (χ1) is 13.2. The maximum atomic E-state index is 13.0. The third kappa shape index (κ3) is 4.49. The van der Waals surface area contributed by atoms with Crippen molar-refractivity contribution in [3.8, 4) is 0 Å². The van der Waals surface area contributed by atoms with E-state index in [0.29, 0.717) is 17.3 Å². The normalized spacial score (nSPS) is 14.6. The molecule has 8 nitrogen and oxygen atoms in total. The molecule has 8 heteroatoms. The van der Waals surface area contributed by atoms with Gasteiger partial charge in [-0.3, -0.25) is 9.59 Å². The quantitative estimate of drug-likeness (QED) is 0.637. The number of hydrogen-bond donors (Lipinski definition) is 3. The van der Waals surface area contributed by atoms with E-state index in [4.69, 9.17) is 0 Å². The number of carbonyl (C=O) groups excluding carboxylic acids is 1. The number of aromatic amines is 1. The summed E-state index contributed by atoms with van der Waals surface area (Å²) in [6.45, 7) is 7.30. The van der Waals surface area contributed by atoms with E-state index in [9.17, 15) is 24.3 Å². The van der Waals surface area contributed by atoms with Crippen molar-refractivity contribution in [3.63, 3.8) is 0 Å². The fourth-order valence-electron chi connectivity index (χ4n) is 3.23. The number of carboxylic acid groups (broad SMARTS) is 1. The van der Waals surface area contributed by atoms with Gasteiger partial charge in [0.1, 0.15) is 12.1 Å². The van der Waals surface area contributed by atoms with Crippen molar-refractivity contribution in [2.24, 2.45) is 11.8 Å². The average molecular weight is 389 g/mol. The third-order valence-electron chi connectivity index (χ3n) is 4.89. The second-order valence-corrected chi connectivity index (χ2v) is 7.51. The van der Waals surface area contributed by atoms with E-state index in [1.54, 1.807) is 31.2 Å². The van der Waals surface area contributed by atoms with Crippen LogP contribution < -0.4 is 16.6 Å². The van der Waals surface area contributed by atoms with Gasteiger partial charge in [-0.1, -0.05) is 46.2 Å². The molecule has 0 fully saturated rings. The van der Waals surface area contributed by atoms with Crippen LogP contribution in [0.3, 0.4) is 0 Å². The second kappa shape index (κ2) is 8.86. The molecule has 0 bridgehead atoms. The molecule has 1 amide bonds. The number of benzene rings is 1. The summed E-state index contributed by atoms with van der Waals surface area (Å²) in [6.07, 6.45) is 0.774. The van der Waals surface area contributed by atoms with Gasteiger partial charge in [-0.15, -0.1) is 0 Å². The van der Waals surface area contributed by atoms with Gasteiger partial charge in [0.05, 0.1) is 10.9 Å². The number of amides is 1. The Balaban J connectivity index is 2.54. The van der Waals surface area contributed by atoms with Crippen molar-refractivity contribution in [2.45, 2.75) is 52.6 Å². The van der Waals surface area contributed by atoms with Crippen molar-refractivity contribution in [1.82, 2.24) is 14.9 Å². The highest BCUT2D eigenvalue weighted by molar-refractivity contribution is 5.86. The second-order valence-electron chi connectivity index (χ2n) is 7.51. The van der Waals surface area contributed by atoms with E-state index in [0.717, 1.165) is 4.57 Å². The molecule has 0 aliphatic heterocycles. The summed E-state index contributed by atoms with van der Waals surface area (Å²) < 4.78 is 0.903. The lowest BCUT2D eigenvalue weighted by molar-refractivity contribution is -0.143. The summed E-state index contributed by atoms with van der Waals surface area (Å²) in [5, 5.41) is 12.2. The first-order valence-electron chi connectivity index (χ1n) is 9.44. The first-order valence-corrected chi connectivity index (χ1v) is 9.44. The lowest BCUT2D eigenvalue weighted by Gasteiger charge is -2.26. The van der Waals surface area contributed by atoms with Gasteiger partial charge in [-0.2, -0.15) is 0 Å². The number of nitrogens with zero attached hydrogens (tertiary/aromatic N) is 1. The van der Waals surface area contributed by atoms with Crippen LogP contribution >= 0.6 is 0 Å². The molecule has 28 heavy (non-hydrogen) atoms. The van der Waals surface area contributed by atoms with E-state index in [2.05, 4.69) is 10.3 Å². The number of rotatable bonds is 8. The van der Waals surface area contributed by atoms with Crippen LogP contribution in [0.1, 0.15) is 46.6 Å². The fourth-order valence-corrected chi connectivity index (χ4v) is 3.23. The average Bonchev–Trinajstić information content (AvgIpc) is 2.63. The van der Waals surface area contributed by atoms with Crippen LogP contribution in [0.2, 0.25) is 0 Å². The van der Waals surface area contributed by atoms with Crippen molar-refractivity contribution in [1.29, 1.82) is 0 Å². The van der Waals surface area contributed by atoms with Gasteiger partial charge in [0.15, 0.2) is 0 Å². The number of aromatic nitrogens is 2. The van der Waals surface area contributed by atoms with E-state index < -0.39 is 35.2 Å². The Labute approximate surface area is 162 Å². The molecule has 0 spiro atoms. The molecule has 2 aromatic rings. The number of fused-ring (bicyclic) bond motifs is 1. The van der Waals surface area contributed by atoms with Gasteiger partial charge in [-0.25, -0.2) is 14.2 Å². The number of para-hydroxylation sites is 1. The predicted molar refractivity (Wildman–Crippen MR) is 106 cm³/mol. The Bertz CT molecular complexity index is 976. The zero-order chi connectivity index (χ0) is 21.0. The Kier molecular flexibility index (Phi) is 6.77. The van der Waals surface area contributed by atoms with Gasteiger partial charge >= 0.3 is 11.7 Å². The molecule has 0 saturated heterocycles. The minimum atomic E-state index is -1.15. The molecule has 3 atom stereocenters. The molecule has 0 saturated carbocycles. The number of H-pyrrole nitrogens is 1. The van der Waals surface area contributed by atoms with Gasteiger partial charge in [0.25, 0.3) is 5.56 Å². The Morgan fingerprint density at radius 2 is 1.82 bits per heavy atom. The molecule has 1 aromatic heterocycles. The predicted octanol–water partition coefficient (Wildman–Crippen LogP) is 1.89. The number of carbonyl (C=O) groups is 2. The molecule has 2 rings (SSSR count). The summed E-state index contributed by atoms with van der Waals surface area (Å²) in [7, 11) is 0. The minimum absolute atomic E-state index is 0.0512. The fraction of sp³-hybridized carbons (Fsp3) is 0.500. The maximum absolute atomic E-state index is 13.0. The summed E-state index contributed by atoms with van der Waals surface area (Å²) in [5.74, 6) is -2.10. The molecule has 0 aliphatic carbocycles. The highest BCUT2D eigenvalue weighted by Crippen LogP contribution is 2.20. The highest BCUT2D eigenvalue weighted by atomic mass is 16.4. The van der Waals surface area contributed by atoms with E-state index in [-0.39, 0.29) is 18.3 Å². The molecule has 3 N–H and O–H groups in total. The minimum Gasteiger partial charge on any atom is -0.480 e.